The first-order chi connectivity index (χ1) is 16.1. The lowest BCUT2D eigenvalue weighted by Gasteiger charge is -2.08. The monoisotopic (exact) mass is 472 g/mol. The maximum Gasteiger partial charge on any atom is 0.248 e. The minimum atomic E-state index is -0.213. The molecule has 0 unspecified atom stereocenters. The molecule has 2 aromatic carbocycles. The fourth-order valence-corrected chi connectivity index (χ4v) is 4.61. The zero-order chi connectivity index (χ0) is 22.6. The summed E-state index contributed by atoms with van der Waals surface area (Å²) in [6.07, 6.45) is 7.24. The first-order valence-corrected chi connectivity index (χ1v) is 12.0. The molecular weight excluding hydrogens is 452 g/mol. The van der Waals surface area contributed by atoms with Gasteiger partial charge in [-0.15, -0.1) is 22.7 Å². The van der Waals surface area contributed by atoms with Crippen LogP contribution in [0.25, 0.3) is 22.3 Å². The van der Waals surface area contributed by atoms with Crippen molar-refractivity contribution in [1.82, 2.24) is 14.4 Å². The number of aryl methyl sites for hydroxylation is 1. The summed E-state index contributed by atoms with van der Waals surface area (Å²) in [5.41, 5.74) is 4.35. The maximum absolute atomic E-state index is 12.5. The normalized spacial score (nSPS) is 11.3. The van der Waals surface area contributed by atoms with Gasteiger partial charge >= 0.3 is 0 Å². The Labute approximate surface area is 198 Å². The molecule has 5 rings (SSSR count). The Morgan fingerprint density at radius 3 is 2.76 bits per heavy atom. The molecule has 3 aromatic heterocycles. The lowest BCUT2D eigenvalue weighted by atomic mass is 10.1. The van der Waals surface area contributed by atoms with Crippen LogP contribution in [0.1, 0.15) is 16.3 Å². The van der Waals surface area contributed by atoms with Gasteiger partial charge in [0.25, 0.3) is 0 Å². The van der Waals surface area contributed by atoms with Crippen molar-refractivity contribution in [3.05, 3.63) is 94.0 Å². The molecule has 1 N–H and O–H groups in total. The summed E-state index contributed by atoms with van der Waals surface area (Å²) in [5, 5.41) is 7.90. The number of thiazole rings is 2. The Morgan fingerprint density at radius 2 is 1.97 bits per heavy atom. The third kappa shape index (κ3) is 5.02. The molecule has 0 radical (unpaired) electrons. The molecule has 0 fully saturated rings. The van der Waals surface area contributed by atoms with Crippen LogP contribution in [0.15, 0.2) is 77.8 Å². The Kier molecular flexibility index (Phi) is 6.01. The third-order valence-electron chi connectivity index (χ3n) is 4.92. The molecule has 0 bridgehead atoms. The number of hydrogen-bond acceptors (Lipinski definition) is 6. The Morgan fingerprint density at radius 1 is 1.12 bits per heavy atom. The van der Waals surface area contributed by atoms with E-state index in [-0.39, 0.29) is 5.91 Å². The van der Waals surface area contributed by atoms with Crippen molar-refractivity contribution < 1.29 is 9.53 Å². The topological polar surface area (TPSA) is 68.5 Å². The number of nitrogens with one attached hydrogen (secondary N) is 1. The highest BCUT2D eigenvalue weighted by molar-refractivity contribution is 7.15. The molecule has 164 valence electrons. The fraction of sp³-hybridized carbons (Fsp3) is 0.0800. The van der Waals surface area contributed by atoms with Gasteiger partial charge in [0, 0.05) is 46.0 Å². The van der Waals surface area contributed by atoms with Gasteiger partial charge in [0.15, 0.2) is 4.96 Å². The van der Waals surface area contributed by atoms with E-state index in [2.05, 4.69) is 15.3 Å². The molecule has 8 heteroatoms. The van der Waals surface area contributed by atoms with Crippen LogP contribution in [0.3, 0.4) is 0 Å². The predicted molar refractivity (Wildman–Crippen MR) is 134 cm³/mol. The van der Waals surface area contributed by atoms with E-state index in [0.717, 1.165) is 38.2 Å². The van der Waals surface area contributed by atoms with E-state index in [4.69, 9.17) is 4.74 Å². The molecule has 0 saturated carbocycles. The molecule has 0 aliphatic carbocycles. The van der Waals surface area contributed by atoms with E-state index < -0.39 is 0 Å². The van der Waals surface area contributed by atoms with Crippen molar-refractivity contribution in [2.75, 3.05) is 5.32 Å². The Hall–Kier alpha value is -3.75. The molecule has 1 amide bonds. The Bertz CT molecular complexity index is 1400. The van der Waals surface area contributed by atoms with Crippen LogP contribution in [0.5, 0.6) is 5.75 Å². The van der Waals surface area contributed by atoms with Gasteiger partial charge in [-0.3, -0.25) is 9.20 Å². The van der Waals surface area contributed by atoms with Crippen LogP contribution in [0.4, 0.5) is 5.69 Å². The van der Waals surface area contributed by atoms with Crippen molar-refractivity contribution in [2.45, 2.75) is 13.5 Å². The average Bonchev–Trinajstić information content (AvgIpc) is 3.54. The number of amides is 1. The third-order valence-corrected chi connectivity index (χ3v) is 6.51. The number of nitrogens with zero attached hydrogens (tertiary/aromatic N) is 3. The smallest absolute Gasteiger partial charge is 0.248 e. The van der Waals surface area contributed by atoms with E-state index in [0.29, 0.717) is 12.4 Å². The largest absolute Gasteiger partial charge is 0.487 e. The van der Waals surface area contributed by atoms with E-state index in [1.54, 1.807) is 28.7 Å². The number of benzene rings is 2. The summed E-state index contributed by atoms with van der Waals surface area (Å²) in [6.45, 7) is 2.36. The number of carbonyl (C=O) groups is 1. The van der Waals surface area contributed by atoms with Gasteiger partial charge in [-0.25, -0.2) is 9.97 Å². The zero-order valence-corrected chi connectivity index (χ0v) is 19.4. The number of para-hydroxylation sites is 1. The second-order valence-corrected chi connectivity index (χ2v) is 9.24. The van der Waals surface area contributed by atoms with Crippen molar-refractivity contribution in [2.24, 2.45) is 0 Å². The molecule has 0 atom stereocenters. The summed E-state index contributed by atoms with van der Waals surface area (Å²) in [5.74, 6) is 0.492. The van der Waals surface area contributed by atoms with E-state index in [1.807, 2.05) is 83.0 Å². The number of hydrogen-bond donors (Lipinski definition) is 1. The number of carbonyl (C=O) groups excluding carboxylic acids is 1. The summed E-state index contributed by atoms with van der Waals surface area (Å²) >= 11 is 3.19. The Balaban J connectivity index is 1.22. The van der Waals surface area contributed by atoms with E-state index >= 15 is 0 Å². The average molecular weight is 473 g/mol. The van der Waals surface area contributed by atoms with Crippen LogP contribution < -0.4 is 10.1 Å². The second-order valence-electron chi connectivity index (χ2n) is 7.30. The summed E-state index contributed by atoms with van der Waals surface area (Å²) in [6, 6.07) is 15.3. The highest BCUT2D eigenvalue weighted by Gasteiger charge is 2.07. The number of ether oxygens (including phenoxy) is 1. The van der Waals surface area contributed by atoms with Gasteiger partial charge in [-0.2, -0.15) is 0 Å². The maximum atomic E-state index is 12.5. The molecule has 0 saturated heterocycles. The first-order valence-electron chi connectivity index (χ1n) is 10.3. The van der Waals surface area contributed by atoms with E-state index in [1.165, 1.54) is 6.08 Å². The molecule has 5 aromatic rings. The van der Waals surface area contributed by atoms with Crippen molar-refractivity contribution in [3.8, 4) is 17.0 Å². The molecule has 0 spiro atoms. The lowest BCUT2D eigenvalue weighted by molar-refractivity contribution is -0.111. The predicted octanol–water partition coefficient (Wildman–Crippen LogP) is 6.06. The zero-order valence-electron chi connectivity index (χ0n) is 17.8. The van der Waals surface area contributed by atoms with Crippen LogP contribution in [0.2, 0.25) is 0 Å². The van der Waals surface area contributed by atoms with Gasteiger partial charge in [-0.05, 0) is 31.2 Å². The minimum Gasteiger partial charge on any atom is -0.487 e. The van der Waals surface area contributed by atoms with Crippen LogP contribution in [0, 0.1) is 6.92 Å². The van der Waals surface area contributed by atoms with Crippen LogP contribution in [-0.2, 0) is 11.4 Å². The quantitative estimate of drug-likeness (QED) is 0.292. The molecule has 33 heavy (non-hydrogen) atoms. The lowest BCUT2D eigenvalue weighted by Crippen LogP contribution is -2.07. The SMILES string of the molecule is Cc1nc(COc2ccccc2/C=C/C(=O)Nc2ccc(-c3cn4ccsc4n3)cc2)cs1. The minimum absolute atomic E-state index is 0.213. The number of aromatic nitrogens is 3. The molecule has 6 nitrogen and oxygen atoms in total. The first kappa shape index (κ1) is 21.1. The summed E-state index contributed by atoms with van der Waals surface area (Å²) in [4.78, 5) is 22.4. The fourth-order valence-electron chi connectivity index (χ4n) is 3.32. The standard InChI is InChI=1S/C25H20N4O2S2/c1-17-26-21(16-33-17)15-31-23-5-3-2-4-19(23)8-11-24(30)27-20-9-6-18(7-10-20)22-14-29-12-13-32-25(29)28-22/h2-14,16H,15H2,1H3,(H,27,30)/b11-8+. The van der Waals surface area contributed by atoms with Gasteiger partial charge in [0.05, 0.1) is 16.4 Å². The van der Waals surface area contributed by atoms with Crippen LogP contribution in [-0.4, -0.2) is 20.3 Å². The molecule has 0 aliphatic rings. The summed E-state index contributed by atoms with van der Waals surface area (Å²) in [7, 11) is 0. The molecule has 0 aliphatic heterocycles. The molecular formula is C25H20N4O2S2. The highest BCUT2D eigenvalue weighted by atomic mass is 32.1. The van der Waals surface area contributed by atoms with Gasteiger partial charge in [0.1, 0.15) is 12.4 Å². The van der Waals surface area contributed by atoms with E-state index in [9.17, 15) is 4.79 Å². The van der Waals surface area contributed by atoms with Gasteiger partial charge in [0.2, 0.25) is 5.91 Å². The number of rotatable bonds is 7. The second kappa shape index (κ2) is 9.40. The van der Waals surface area contributed by atoms with Crippen molar-refractivity contribution in [1.29, 1.82) is 0 Å². The summed E-state index contributed by atoms with van der Waals surface area (Å²) < 4.78 is 7.91. The number of fused-ring (bicyclic) bond motifs is 1. The highest BCUT2D eigenvalue weighted by Crippen LogP contribution is 2.24. The number of imidazole rings is 1. The van der Waals surface area contributed by atoms with Crippen molar-refractivity contribution >= 4 is 45.3 Å². The number of anilines is 1. The van der Waals surface area contributed by atoms with Gasteiger partial charge in [-0.1, -0.05) is 30.3 Å². The molecule has 3 heterocycles. The van der Waals surface area contributed by atoms with Gasteiger partial charge < -0.3 is 10.1 Å². The van der Waals surface area contributed by atoms with Crippen molar-refractivity contribution in [3.63, 3.8) is 0 Å². The van der Waals surface area contributed by atoms with Crippen LogP contribution >= 0.6 is 22.7 Å².